The molecule has 1 atom stereocenters. The molecule has 1 aromatic heterocycles. The number of nitrogens with one attached hydrogen (secondary N) is 1. The lowest BCUT2D eigenvalue weighted by Crippen LogP contribution is -2.24. The van der Waals surface area contributed by atoms with Gasteiger partial charge in [-0.3, -0.25) is 4.79 Å². The van der Waals surface area contributed by atoms with Crippen molar-refractivity contribution in [3.8, 4) is 11.8 Å². The van der Waals surface area contributed by atoms with E-state index in [4.69, 9.17) is 10.5 Å². The number of aliphatic imine (C=N–C) groups is 1. The number of nitrogens with zero attached hydrogens (tertiary/aromatic N) is 2. The highest BCUT2D eigenvalue weighted by Crippen LogP contribution is 2.29. The normalized spacial score (nSPS) is 18.3. The Hall–Kier alpha value is -3.40. The van der Waals surface area contributed by atoms with E-state index in [0.29, 0.717) is 30.2 Å². The van der Waals surface area contributed by atoms with Crippen molar-refractivity contribution in [1.29, 1.82) is 0 Å². The Labute approximate surface area is 162 Å². The van der Waals surface area contributed by atoms with Gasteiger partial charge in [0.2, 0.25) is 0 Å². The Morgan fingerprint density at radius 3 is 2.82 bits per heavy atom. The molecule has 2 aromatic rings. The molecule has 142 valence electrons. The zero-order chi connectivity index (χ0) is 19.5. The molecule has 6 nitrogen and oxygen atoms in total. The van der Waals surface area contributed by atoms with Crippen LogP contribution in [0.4, 0.5) is 10.1 Å². The number of ether oxygens (including phenoxy) is 1. The fraction of sp³-hybridized carbons (Fsp3) is 0.286. The molecule has 0 saturated heterocycles. The summed E-state index contributed by atoms with van der Waals surface area (Å²) < 4.78 is 19.3. The van der Waals surface area contributed by atoms with Gasteiger partial charge in [-0.05, 0) is 43.2 Å². The van der Waals surface area contributed by atoms with Crippen molar-refractivity contribution in [2.24, 2.45) is 16.6 Å². The van der Waals surface area contributed by atoms with Gasteiger partial charge < -0.3 is 15.8 Å². The van der Waals surface area contributed by atoms with Crippen molar-refractivity contribution in [3.63, 3.8) is 0 Å². The summed E-state index contributed by atoms with van der Waals surface area (Å²) in [6.45, 7) is 0.371. The van der Waals surface area contributed by atoms with Gasteiger partial charge >= 0.3 is 0 Å². The van der Waals surface area contributed by atoms with E-state index in [1.165, 1.54) is 12.1 Å². The predicted molar refractivity (Wildman–Crippen MR) is 103 cm³/mol. The summed E-state index contributed by atoms with van der Waals surface area (Å²) in [6.07, 6.45) is 4.42. The molecule has 0 spiro atoms. The second-order valence-corrected chi connectivity index (χ2v) is 6.79. The van der Waals surface area contributed by atoms with Crippen LogP contribution in [-0.4, -0.2) is 23.5 Å². The molecule has 2 aliphatic rings. The van der Waals surface area contributed by atoms with Gasteiger partial charge in [0.25, 0.3) is 11.9 Å². The monoisotopic (exact) mass is 378 g/mol. The van der Waals surface area contributed by atoms with E-state index in [1.807, 2.05) is 0 Å². The molecule has 1 fully saturated rings. The molecule has 1 aliphatic carbocycles. The number of amidine groups is 1. The Kier molecular flexibility index (Phi) is 4.94. The van der Waals surface area contributed by atoms with Crippen LogP contribution < -0.4 is 11.1 Å². The number of rotatable bonds is 3. The lowest BCUT2D eigenvalue weighted by molar-refractivity contribution is 0.102. The molecule has 2 heterocycles. The summed E-state index contributed by atoms with van der Waals surface area (Å²) in [5.41, 5.74) is 7.44. The van der Waals surface area contributed by atoms with Crippen molar-refractivity contribution < 1.29 is 13.9 Å². The summed E-state index contributed by atoms with van der Waals surface area (Å²) in [7, 11) is 0. The van der Waals surface area contributed by atoms with Crippen molar-refractivity contribution in [2.75, 3.05) is 11.9 Å². The number of carbonyl (C=O) groups excluding carboxylic acids is 1. The topological polar surface area (TPSA) is 89.6 Å². The van der Waals surface area contributed by atoms with Gasteiger partial charge in [0.1, 0.15) is 11.5 Å². The van der Waals surface area contributed by atoms with Crippen molar-refractivity contribution in [3.05, 3.63) is 59.2 Å². The average molecular weight is 378 g/mol. The van der Waals surface area contributed by atoms with E-state index in [1.54, 1.807) is 24.4 Å². The Morgan fingerprint density at radius 1 is 1.25 bits per heavy atom. The van der Waals surface area contributed by atoms with Gasteiger partial charge in [0.15, 0.2) is 0 Å². The molecule has 1 unspecified atom stereocenters. The van der Waals surface area contributed by atoms with Crippen molar-refractivity contribution in [1.82, 2.24) is 4.98 Å². The maximum atomic E-state index is 14.2. The zero-order valence-corrected chi connectivity index (χ0v) is 15.1. The zero-order valence-electron chi connectivity index (χ0n) is 15.1. The second-order valence-electron chi connectivity index (χ2n) is 6.79. The molecule has 4 rings (SSSR count). The molecule has 1 saturated carbocycles. The van der Waals surface area contributed by atoms with Crippen LogP contribution in [0.25, 0.3) is 0 Å². The van der Waals surface area contributed by atoms with Crippen LogP contribution >= 0.6 is 0 Å². The van der Waals surface area contributed by atoms with Crippen LogP contribution in [0, 0.1) is 23.6 Å². The number of nitrogens with two attached hydrogens (primary N) is 1. The minimum atomic E-state index is -0.437. The Morgan fingerprint density at radius 2 is 2.11 bits per heavy atom. The summed E-state index contributed by atoms with van der Waals surface area (Å²) in [5, 5.41) is 2.74. The number of anilines is 1. The van der Waals surface area contributed by atoms with Crippen LogP contribution in [0.3, 0.4) is 0 Å². The second kappa shape index (κ2) is 7.69. The number of hydrogen-bond acceptors (Lipinski definition) is 5. The minimum Gasteiger partial charge on any atom is -0.465 e. The number of benzene rings is 1. The van der Waals surface area contributed by atoms with Gasteiger partial charge in [-0.2, -0.15) is 0 Å². The lowest BCUT2D eigenvalue weighted by atomic mass is 10.0. The number of hydrogen-bond donors (Lipinski definition) is 2. The van der Waals surface area contributed by atoms with Crippen LogP contribution in [0.5, 0.6) is 0 Å². The first-order valence-electron chi connectivity index (χ1n) is 9.13. The maximum Gasteiger partial charge on any atom is 0.282 e. The molecule has 1 aliphatic heterocycles. The lowest BCUT2D eigenvalue weighted by Gasteiger charge is -2.20. The van der Waals surface area contributed by atoms with E-state index in [-0.39, 0.29) is 17.6 Å². The van der Waals surface area contributed by atoms with Crippen LogP contribution in [0.1, 0.15) is 46.9 Å². The van der Waals surface area contributed by atoms with E-state index in [2.05, 4.69) is 27.1 Å². The Bertz CT molecular complexity index is 988. The fourth-order valence-electron chi connectivity index (χ4n) is 2.84. The average Bonchev–Trinajstić information content (AvgIpc) is 3.53. The maximum absolute atomic E-state index is 14.2. The number of amides is 1. The molecule has 1 amide bonds. The number of carbonyl (C=O) groups is 1. The first kappa shape index (κ1) is 18.0. The molecular formula is C21H19FN4O2. The highest BCUT2D eigenvalue weighted by molar-refractivity contribution is 6.02. The van der Waals surface area contributed by atoms with Crippen LogP contribution in [-0.2, 0) is 4.74 Å². The SMILES string of the molecule is NC1=NC(c2cc(NC(=O)c3ccc(C#CC4CC4)cn3)ccc2F)CCO1. The highest BCUT2D eigenvalue weighted by atomic mass is 19.1. The standard InChI is InChI=1S/C21H19FN4O2/c22-17-7-6-15(11-16(17)18-9-10-28-21(23)26-18)25-20(27)19-8-5-14(12-24-19)4-3-13-1-2-13/h5-8,11-13,18H,1-2,9-10H2,(H2,23,26)(H,25,27). The van der Waals surface area contributed by atoms with Crippen LogP contribution in [0.2, 0.25) is 0 Å². The summed E-state index contributed by atoms with van der Waals surface area (Å²) in [4.78, 5) is 20.8. The third-order valence-corrected chi connectivity index (χ3v) is 4.53. The molecule has 0 bridgehead atoms. The van der Waals surface area contributed by atoms with E-state index in [9.17, 15) is 9.18 Å². The molecule has 28 heavy (non-hydrogen) atoms. The fourth-order valence-corrected chi connectivity index (χ4v) is 2.84. The van der Waals surface area contributed by atoms with Gasteiger partial charge in [0, 0.05) is 35.3 Å². The molecule has 7 heteroatoms. The summed E-state index contributed by atoms with van der Waals surface area (Å²) >= 11 is 0. The van der Waals surface area contributed by atoms with Gasteiger partial charge in [-0.1, -0.05) is 11.8 Å². The van der Waals surface area contributed by atoms with Gasteiger partial charge in [-0.15, -0.1) is 0 Å². The third-order valence-electron chi connectivity index (χ3n) is 4.53. The number of halogens is 1. The van der Waals surface area contributed by atoms with Crippen molar-refractivity contribution in [2.45, 2.75) is 25.3 Å². The van der Waals surface area contributed by atoms with E-state index >= 15 is 0 Å². The molecule has 0 radical (unpaired) electrons. The molecule has 3 N–H and O–H groups in total. The first-order chi connectivity index (χ1) is 13.6. The van der Waals surface area contributed by atoms with Gasteiger partial charge in [0.05, 0.1) is 12.6 Å². The largest absolute Gasteiger partial charge is 0.465 e. The minimum absolute atomic E-state index is 0.0409. The Balaban J connectivity index is 1.47. The van der Waals surface area contributed by atoms with Crippen molar-refractivity contribution >= 4 is 17.6 Å². The molecular weight excluding hydrogens is 359 g/mol. The summed E-state index contributed by atoms with van der Waals surface area (Å²) in [6, 6.07) is 7.37. The number of pyridine rings is 1. The van der Waals surface area contributed by atoms with E-state index in [0.717, 1.165) is 18.4 Å². The molecule has 1 aromatic carbocycles. The predicted octanol–water partition coefficient (Wildman–Crippen LogP) is 3.01. The van der Waals surface area contributed by atoms with E-state index < -0.39 is 11.9 Å². The highest BCUT2D eigenvalue weighted by Gasteiger charge is 2.21. The summed E-state index contributed by atoms with van der Waals surface area (Å²) in [5.74, 6) is 5.93. The third kappa shape index (κ3) is 4.29. The number of aromatic nitrogens is 1. The van der Waals surface area contributed by atoms with Gasteiger partial charge in [-0.25, -0.2) is 14.4 Å². The first-order valence-corrected chi connectivity index (χ1v) is 9.13. The quantitative estimate of drug-likeness (QED) is 0.804. The smallest absolute Gasteiger partial charge is 0.282 e. The van der Waals surface area contributed by atoms with Crippen LogP contribution in [0.15, 0.2) is 41.5 Å².